The molecule has 0 saturated heterocycles. The Morgan fingerprint density at radius 2 is 1.92 bits per heavy atom. The third-order valence-corrected chi connectivity index (χ3v) is 3.72. The Balaban J connectivity index is 1.82. The second-order valence-corrected chi connectivity index (χ2v) is 5.33. The number of carbonyl (C=O) groups excluding carboxylic acids is 1. The molecule has 0 radical (unpaired) electrons. The molecule has 0 aliphatic rings. The number of nitrogens with one attached hydrogen (secondary N) is 1. The fourth-order valence-electron chi connectivity index (χ4n) is 2.48. The van der Waals surface area contributed by atoms with Gasteiger partial charge in [0.15, 0.2) is 0 Å². The summed E-state index contributed by atoms with van der Waals surface area (Å²) >= 11 is 0. The number of aromatic nitrogens is 1. The molecule has 1 heterocycles. The van der Waals surface area contributed by atoms with Crippen molar-refractivity contribution in [3.8, 4) is 16.9 Å². The molecule has 0 spiro atoms. The van der Waals surface area contributed by atoms with Crippen LogP contribution in [-0.2, 0) is 6.54 Å². The Morgan fingerprint density at radius 3 is 2.62 bits per heavy atom. The van der Waals surface area contributed by atoms with Crippen LogP contribution in [0.25, 0.3) is 11.1 Å². The van der Waals surface area contributed by atoms with Gasteiger partial charge in [0, 0.05) is 30.1 Å². The van der Waals surface area contributed by atoms with Crippen molar-refractivity contribution in [2.75, 3.05) is 7.11 Å². The minimum absolute atomic E-state index is 0.126. The minimum Gasteiger partial charge on any atom is -0.496 e. The van der Waals surface area contributed by atoms with Gasteiger partial charge in [-0.3, -0.25) is 9.78 Å². The number of nitrogens with zero attached hydrogens (tertiary/aromatic N) is 1. The van der Waals surface area contributed by atoms with Gasteiger partial charge in [-0.05, 0) is 35.4 Å². The first kappa shape index (κ1) is 15.7. The van der Waals surface area contributed by atoms with E-state index in [9.17, 15) is 4.79 Å². The molecule has 4 nitrogen and oxygen atoms in total. The van der Waals surface area contributed by atoms with Crippen LogP contribution in [0.3, 0.4) is 0 Å². The highest BCUT2D eigenvalue weighted by molar-refractivity contribution is 5.96. The van der Waals surface area contributed by atoms with Crippen molar-refractivity contribution in [3.63, 3.8) is 0 Å². The van der Waals surface area contributed by atoms with Gasteiger partial charge < -0.3 is 10.1 Å². The van der Waals surface area contributed by atoms with E-state index in [0.29, 0.717) is 12.1 Å². The number of pyridine rings is 1. The lowest BCUT2D eigenvalue weighted by atomic mass is 10.0. The second kappa shape index (κ2) is 7.42. The average molecular weight is 318 g/mol. The molecule has 1 amide bonds. The molecule has 24 heavy (non-hydrogen) atoms. The van der Waals surface area contributed by atoms with E-state index in [0.717, 1.165) is 22.4 Å². The maximum atomic E-state index is 12.4. The van der Waals surface area contributed by atoms with Gasteiger partial charge in [0.1, 0.15) is 5.75 Å². The third-order valence-electron chi connectivity index (χ3n) is 3.72. The SMILES string of the molecule is COc1ccc(C(=O)NCc2cccnc2)cc1-c1ccccc1. The van der Waals surface area contributed by atoms with Crippen LogP contribution in [0.15, 0.2) is 73.1 Å². The Morgan fingerprint density at radius 1 is 1.08 bits per heavy atom. The normalized spacial score (nSPS) is 10.2. The summed E-state index contributed by atoms with van der Waals surface area (Å²) in [7, 11) is 1.63. The van der Waals surface area contributed by atoms with Crippen LogP contribution in [0.1, 0.15) is 15.9 Å². The lowest BCUT2D eigenvalue weighted by molar-refractivity contribution is 0.0951. The zero-order chi connectivity index (χ0) is 16.8. The summed E-state index contributed by atoms with van der Waals surface area (Å²) in [5.41, 5.74) is 3.46. The molecular formula is C20H18N2O2. The monoisotopic (exact) mass is 318 g/mol. The van der Waals surface area contributed by atoms with Gasteiger partial charge in [-0.2, -0.15) is 0 Å². The van der Waals surface area contributed by atoms with Gasteiger partial charge in [-0.1, -0.05) is 36.4 Å². The quantitative estimate of drug-likeness (QED) is 0.780. The molecular weight excluding hydrogens is 300 g/mol. The van der Waals surface area contributed by atoms with Gasteiger partial charge in [0.2, 0.25) is 0 Å². The van der Waals surface area contributed by atoms with Crippen molar-refractivity contribution in [1.29, 1.82) is 0 Å². The van der Waals surface area contributed by atoms with Gasteiger partial charge in [0.05, 0.1) is 7.11 Å². The van der Waals surface area contributed by atoms with Gasteiger partial charge in [-0.25, -0.2) is 0 Å². The number of hydrogen-bond acceptors (Lipinski definition) is 3. The van der Waals surface area contributed by atoms with Gasteiger partial charge in [0.25, 0.3) is 5.91 Å². The summed E-state index contributed by atoms with van der Waals surface area (Å²) in [6, 6.07) is 19.1. The predicted octanol–water partition coefficient (Wildman–Crippen LogP) is 3.69. The highest BCUT2D eigenvalue weighted by atomic mass is 16.5. The fourth-order valence-corrected chi connectivity index (χ4v) is 2.48. The molecule has 0 aliphatic heterocycles. The molecule has 120 valence electrons. The summed E-state index contributed by atoms with van der Waals surface area (Å²) in [4.78, 5) is 16.5. The molecule has 0 saturated carbocycles. The number of benzene rings is 2. The summed E-state index contributed by atoms with van der Waals surface area (Å²) < 4.78 is 5.42. The fraction of sp³-hybridized carbons (Fsp3) is 0.100. The smallest absolute Gasteiger partial charge is 0.251 e. The van der Waals surface area contributed by atoms with E-state index in [2.05, 4.69) is 10.3 Å². The van der Waals surface area contributed by atoms with E-state index >= 15 is 0 Å². The summed E-state index contributed by atoms with van der Waals surface area (Å²) in [6.45, 7) is 0.444. The van der Waals surface area contributed by atoms with Crippen molar-refractivity contribution in [1.82, 2.24) is 10.3 Å². The summed E-state index contributed by atoms with van der Waals surface area (Å²) in [5, 5.41) is 2.91. The van der Waals surface area contributed by atoms with Crippen LogP contribution in [0.5, 0.6) is 5.75 Å². The van der Waals surface area contributed by atoms with Crippen LogP contribution in [0.4, 0.5) is 0 Å². The predicted molar refractivity (Wildman–Crippen MR) is 93.8 cm³/mol. The summed E-state index contributed by atoms with van der Waals surface area (Å²) in [6.07, 6.45) is 3.45. The van der Waals surface area contributed by atoms with Crippen LogP contribution in [-0.4, -0.2) is 18.0 Å². The highest BCUT2D eigenvalue weighted by Crippen LogP contribution is 2.30. The number of amides is 1. The number of rotatable bonds is 5. The zero-order valence-electron chi connectivity index (χ0n) is 13.4. The maximum Gasteiger partial charge on any atom is 0.251 e. The van der Waals surface area contributed by atoms with Gasteiger partial charge in [-0.15, -0.1) is 0 Å². The van der Waals surface area contributed by atoms with E-state index < -0.39 is 0 Å². The van der Waals surface area contributed by atoms with Crippen molar-refractivity contribution in [2.24, 2.45) is 0 Å². The van der Waals surface area contributed by atoms with Crippen LogP contribution < -0.4 is 10.1 Å². The Bertz CT molecular complexity index is 818. The molecule has 0 atom stereocenters. The van der Waals surface area contributed by atoms with Crippen molar-refractivity contribution < 1.29 is 9.53 Å². The molecule has 0 bridgehead atoms. The lowest BCUT2D eigenvalue weighted by Crippen LogP contribution is -2.22. The van der Waals surface area contributed by atoms with E-state index in [4.69, 9.17) is 4.74 Å². The molecule has 1 aromatic heterocycles. The Labute approximate surface area is 141 Å². The average Bonchev–Trinajstić information content (AvgIpc) is 2.67. The molecule has 0 fully saturated rings. The van der Waals surface area contributed by atoms with Crippen LogP contribution in [0.2, 0.25) is 0 Å². The van der Waals surface area contributed by atoms with Crippen molar-refractivity contribution in [3.05, 3.63) is 84.2 Å². The van der Waals surface area contributed by atoms with Gasteiger partial charge >= 0.3 is 0 Å². The first-order valence-corrected chi connectivity index (χ1v) is 7.68. The van der Waals surface area contributed by atoms with Crippen LogP contribution in [0, 0.1) is 0 Å². The standard InChI is InChI=1S/C20H18N2O2/c1-24-19-10-9-17(12-18(19)16-7-3-2-4-8-16)20(23)22-14-15-6-5-11-21-13-15/h2-13H,14H2,1H3,(H,22,23). The molecule has 4 heteroatoms. The molecule has 3 aromatic rings. The summed E-state index contributed by atoms with van der Waals surface area (Å²) in [5.74, 6) is 0.615. The Kier molecular flexibility index (Phi) is 4.87. The van der Waals surface area contributed by atoms with E-state index in [1.165, 1.54) is 0 Å². The number of hydrogen-bond donors (Lipinski definition) is 1. The number of ether oxygens (including phenoxy) is 1. The zero-order valence-corrected chi connectivity index (χ0v) is 13.4. The van der Waals surface area contributed by atoms with Crippen LogP contribution >= 0.6 is 0 Å². The molecule has 2 aromatic carbocycles. The third kappa shape index (κ3) is 3.60. The highest BCUT2D eigenvalue weighted by Gasteiger charge is 2.11. The van der Waals surface area contributed by atoms with Crippen molar-refractivity contribution >= 4 is 5.91 Å². The first-order chi connectivity index (χ1) is 11.8. The second-order valence-electron chi connectivity index (χ2n) is 5.33. The van der Waals surface area contributed by atoms with E-state index in [1.54, 1.807) is 25.6 Å². The largest absolute Gasteiger partial charge is 0.496 e. The molecule has 3 rings (SSSR count). The molecule has 1 N–H and O–H groups in total. The van der Waals surface area contributed by atoms with E-state index in [1.807, 2.05) is 54.6 Å². The first-order valence-electron chi connectivity index (χ1n) is 7.68. The minimum atomic E-state index is -0.126. The lowest BCUT2D eigenvalue weighted by Gasteiger charge is -2.11. The molecule has 0 aliphatic carbocycles. The number of carbonyl (C=O) groups is 1. The topological polar surface area (TPSA) is 51.2 Å². The van der Waals surface area contributed by atoms with E-state index in [-0.39, 0.29) is 5.91 Å². The Hall–Kier alpha value is -3.14. The number of methoxy groups -OCH3 is 1. The molecule has 0 unspecified atom stereocenters. The van der Waals surface area contributed by atoms with Crippen molar-refractivity contribution in [2.45, 2.75) is 6.54 Å². The maximum absolute atomic E-state index is 12.4.